The van der Waals surface area contributed by atoms with Gasteiger partial charge in [-0.15, -0.1) is 22.7 Å². The van der Waals surface area contributed by atoms with E-state index in [1.807, 2.05) is 41.8 Å². The number of thiophene rings is 2. The first kappa shape index (κ1) is 15.5. The Morgan fingerprint density at radius 3 is 2.74 bits per heavy atom. The van der Waals surface area contributed by atoms with Gasteiger partial charge in [0.1, 0.15) is 10.6 Å². The molecule has 0 aliphatic heterocycles. The maximum absolute atomic E-state index is 12.1. The Bertz CT molecular complexity index is 879. The highest BCUT2D eigenvalue weighted by molar-refractivity contribution is 7.23. The summed E-state index contributed by atoms with van der Waals surface area (Å²) < 4.78 is 5.77. The molecule has 0 spiro atoms. The van der Waals surface area contributed by atoms with Crippen LogP contribution in [0.1, 0.15) is 15.2 Å². The number of hydrogen-bond donors (Lipinski definition) is 1. The van der Waals surface area contributed by atoms with Gasteiger partial charge in [0.05, 0.1) is 7.11 Å². The van der Waals surface area contributed by atoms with Gasteiger partial charge < -0.3 is 10.1 Å². The Balaban J connectivity index is 1.90. The van der Waals surface area contributed by atoms with Gasteiger partial charge in [-0.05, 0) is 23.6 Å². The predicted octanol–water partition coefficient (Wildman–Crippen LogP) is 4.40. The summed E-state index contributed by atoms with van der Waals surface area (Å²) in [4.78, 5) is 25.2. The first-order valence-electron chi connectivity index (χ1n) is 6.81. The fourth-order valence-electron chi connectivity index (χ4n) is 2.14. The number of esters is 1. The molecule has 23 heavy (non-hydrogen) atoms. The Labute approximate surface area is 141 Å². The van der Waals surface area contributed by atoms with Crippen LogP contribution >= 0.6 is 22.7 Å². The number of ether oxygens (including phenoxy) is 1. The van der Waals surface area contributed by atoms with Gasteiger partial charge in [0.15, 0.2) is 0 Å². The Morgan fingerprint density at radius 1 is 1.17 bits per heavy atom. The zero-order valence-electron chi connectivity index (χ0n) is 12.2. The number of hydrogen-bond acceptors (Lipinski definition) is 5. The Kier molecular flexibility index (Phi) is 4.55. The maximum Gasteiger partial charge on any atom is 0.341 e. The summed E-state index contributed by atoms with van der Waals surface area (Å²) >= 11 is 2.90. The molecule has 0 fully saturated rings. The molecule has 116 valence electrons. The molecule has 0 saturated carbocycles. The molecule has 0 saturated heterocycles. The smallest absolute Gasteiger partial charge is 0.341 e. The van der Waals surface area contributed by atoms with Gasteiger partial charge in [0, 0.05) is 21.0 Å². The summed E-state index contributed by atoms with van der Waals surface area (Å²) in [6.07, 6.45) is 3.20. The van der Waals surface area contributed by atoms with Crippen LogP contribution < -0.4 is 5.32 Å². The van der Waals surface area contributed by atoms with Crippen molar-refractivity contribution in [2.45, 2.75) is 0 Å². The number of amides is 1. The zero-order chi connectivity index (χ0) is 16.2. The lowest BCUT2D eigenvalue weighted by Crippen LogP contribution is -2.10. The molecule has 2 heterocycles. The van der Waals surface area contributed by atoms with Crippen molar-refractivity contribution in [2.24, 2.45) is 0 Å². The van der Waals surface area contributed by atoms with Gasteiger partial charge in [-0.3, -0.25) is 4.79 Å². The van der Waals surface area contributed by atoms with Crippen molar-refractivity contribution in [3.05, 3.63) is 58.3 Å². The first-order valence-corrected chi connectivity index (χ1v) is 8.51. The maximum atomic E-state index is 12.1. The van der Waals surface area contributed by atoms with Gasteiger partial charge in [0.2, 0.25) is 5.91 Å². The molecule has 0 atom stereocenters. The minimum Gasteiger partial charge on any atom is -0.465 e. The predicted molar refractivity (Wildman–Crippen MR) is 95.1 cm³/mol. The quantitative estimate of drug-likeness (QED) is 0.564. The van der Waals surface area contributed by atoms with Crippen molar-refractivity contribution in [1.82, 2.24) is 0 Å². The van der Waals surface area contributed by atoms with Gasteiger partial charge in [-0.2, -0.15) is 0 Å². The lowest BCUT2D eigenvalue weighted by molar-refractivity contribution is -0.111. The van der Waals surface area contributed by atoms with E-state index in [1.165, 1.54) is 24.5 Å². The average molecular weight is 343 g/mol. The highest BCUT2D eigenvalue weighted by Crippen LogP contribution is 2.36. The second-order valence-electron chi connectivity index (χ2n) is 4.63. The average Bonchev–Trinajstić information content (AvgIpc) is 3.19. The van der Waals surface area contributed by atoms with Crippen molar-refractivity contribution in [1.29, 1.82) is 0 Å². The third-order valence-electron chi connectivity index (χ3n) is 3.16. The molecule has 6 heteroatoms. The number of rotatable bonds is 4. The lowest BCUT2D eigenvalue weighted by atomic mass is 10.1. The first-order chi connectivity index (χ1) is 11.2. The van der Waals surface area contributed by atoms with Crippen LogP contribution in [0.15, 0.2) is 47.9 Å². The van der Waals surface area contributed by atoms with Gasteiger partial charge in [0.25, 0.3) is 0 Å². The molecule has 1 N–H and O–H groups in total. The SMILES string of the molecule is COC(=O)c1c(NC(=O)C=Cc2cccs2)sc2ccccc12. The zero-order valence-corrected chi connectivity index (χ0v) is 13.9. The summed E-state index contributed by atoms with van der Waals surface area (Å²) in [6.45, 7) is 0. The van der Waals surface area contributed by atoms with Crippen molar-refractivity contribution in [3.8, 4) is 0 Å². The van der Waals surface area contributed by atoms with E-state index in [1.54, 1.807) is 17.4 Å². The molecule has 0 aliphatic carbocycles. The van der Waals surface area contributed by atoms with Crippen molar-refractivity contribution in [3.63, 3.8) is 0 Å². The number of carbonyl (C=O) groups excluding carboxylic acids is 2. The van der Waals surface area contributed by atoms with E-state index in [-0.39, 0.29) is 5.91 Å². The minimum atomic E-state index is -0.458. The monoisotopic (exact) mass is 343 g/mol. The summed E-state index contributed by atoms with van der Waals surface area (Å²) in [6, 6.07) is 11.3. The van der Waals surface area contributed by atoms with Crippen molar-refractivity contribution >= 4 is 55.7 Å². The fraction of sp³-hybridized carbons (Fsp3) is 0.0588. The van der Waals surface area contributed by atoms with Gasteiger partial charge in [-0.25, -0.2) is 4.79 Å². The highest BCUT2D eigenvalue weighted by atomic mass is 32.1. The van der Waals surface area contributed by atoms with Crippen LogP contribution in [0.3, 0.4) is 0 Å². The molecule has 2 aromatic heterocycles. The number of methoxy groups -OCH3 is 1. The van der Waals surface area contributed by atoms with E-state index in [2.05, 4.69) is 5.32 Å². The van der Waals surface area contributed by atoms with Crippen LogP contribution in [0.2, 0.25) is 0 Å². The molecule has 3 aromatic rings. The molecule has 0 unspecified atom stereocenters. The summed E-state index contributed by atoms with van der Waals surface area (Å²) in [7, 11) is 1.33. The number of anilines is 1. The van der Waals surface area contributed by atoms with E-state index in [4.69, 9.17) is 4.74 Å². The highest BCUT2D eigenvalue weighted by Gasteiger charge is 2.20. The molecule has 1 amide bonds. The van der Waals surface area contributed by atoms with E-state index >= 15 is 0 Å². The van der Waals surface area contributed by atoms with E-state index < -0.39 is 5.97 Å². The molecule has 0 aliphatic rings. The molecular formula is C17H13NO3S2. The number of carbonyl (C=O) groups is 2. The summed E-state index contributed by atoms with van der Waals surface area (Å²) in [5, 5.41) is 6.00. The van der Waals surface area contributed by atoms with Crippen LogP contribution in [0.4, 0.5) is 5.00 Å². The third-order valence-corrected chi connectivity index (χ3v) is 5.09. The lowest BCUT2D eigenvalue weighted by Gasteiger charge is -2.03. The minimum absolute atomic E-state index is 0.282. The van der Waals surface area contributed by atoms with Crippen LogP contribution in [0, 0.1) is 0 Å². The molecule has 0 bridgehead atoms. The van der Waals surface area contributed by atoms with Crippen molar-refractivity contribution < 1.29 is 14.3 Å². The number of nitrogens with one attached hydrogen (secondary N) is 1. The Hall–Kier alpha value is -2.44. The van der Waals surface area contributed by atoms with E-state index in [0.717, 1.165) is 15.0 Å². The molecule has 4 nitrogen and oxygen atoms in total. The second-order valence-corrected chi connectivity index (χ2v) is 6.66. The molecule has 1 aromatic carbocycles. The molecule has 3 rings (SSSR count). The van der Waals surface area contributed by atoms with Crippen LogP contribution in [0.5, 0.6) is 0 Å². The van der Waals surface area contributed by atoms with E-state index in [0.29, 0.717) is 10.6 Å². The number of benzene rings is 1. The van der Waals surface area contributed by atoms with Crippen LogP contribution in [-0.2, 0) is 9.53 Å². The van der Waals surface area contributed by atoms with Gasteiger partial charge >= 0.3 is 5.97 Å². The normalized spacial score (nSPS) is 11.0. The summed E-state index contributed by atoms with van der Waals surface area (Å²) in [5.41, 5.74) is 0.394. The summed E-state index contributed by atoms with van der Waals surface area (Å²) in [5.74, 6) is -0.741. The largest absolute Gasteiger partial charge is 0.465 e. The fourth-order valence-corrected chi connectivity index (χ4v) is 3.85. The second kappa shape index (κ2) is 6.76. The topological polar surface area (TPSA) is 55.4 Å². The molecule has 0 radical (unpaired) electrons. The van der Waals surface area contributed by atoms with Gasteiger partial charge in [-0.1, -0.05) is 24.3 Å². The Morgan fingerprint density at radius 2 is 2.00 bits per heavy atom. The third kappa shape index (κ3) is 3.33. The number of fused-ring (bicyclic) bond motifs is 1. The molecular weight excluding hydrogens is 330 g/mol. The standard InChI is InChI=1S/C17H13NO3S2/c1-21-17(20)15-12-6-2-3-7-13(12)23-16(15)18-14(19)9-8-11-5-4-10-22-11/h2-10H,1H3,(H,18,19). The van der Waals surface area contributed by atoms with Crippen molar-refractivity contribution in [2.75, 3.05) is 12.4 Å². The van der Waals surface area contributed by atoms with Crippen LogP contribution in [-0.4, -0.2) is 19.0 Å². The van der Waals surface area contributed by atoms with Crippen LogP contribution in [0.25, 0.3) is 16.2 Å². The van der Waals surface area contributed by atoms with E-state index in [9.17, 15) is 9.59 Å².